The minimum atomic E-state index is -4.36. The van der Waals surface area contributed by atoms with Gasteiger partial charge in [-0.1, -0.05) is 72.5 Å². The molecule has 0 spiro atoms. The first kappa shape index (κ1) is 23.4. The normalized spacial score (nSPS) is 14.1. The minimum absolute atomic E-state index is 0.0641. The molecule has 6 heteroatoms. The molecule has 4 rings (SSSR count). The van der Waals surface area contributed by atoms with Crippen molar-refractivity contribution in [3.8, 4) is 34.1 Å². The van der Waals surface area contributed by atoms with Gasteiger partial charge in [0.1, 0.15) is 0 Å². The Labute approximate surface area is 193 Å². The number of hydrogen-bond donors (Lipinski definition) is 0. The van der Waals surface area contributed by atoms with Crippen LogP contribution in [0.2, 0.25) is 0 Å². The Morgan fingerprint density at radius 3 is 1.38 bits per heavy atom. The van der Waals surface area contributed by atoms with Crippen molar-refractivity contribution in [2.75, 3.05) is 0 Å². The Balaban J connectivity index is 1.44. The molecular weight excluding hydrogens is 450 g/mol. The van der Waals surface area contributed by atoms with Gasteiger partial charge in [-0.2, -0.15) is 26.3 Å². The largest absolute Gasteiger partial charge is 0.416 e. The Hall–Kier alpha value is -3.72. The maximum atomic E-state index is 12.7. The van der Waals surface area contributed by atoms with Crippen LogP contribution in [-0.2, 0) is 6.18 Å². The van der Waals surface area contributed by atoms with Crippen molar-refractivity contribution in [2.45, 2.75) is 25.2 Å². The van der Waals surface area contributed by atoms with Gasteiger partial charge in [0.2, 0.25) is 0 Å². The highest BCUT2D eigenvalue weighted by atomic mass is 19.4. The van der Waals surface area contributed by atoms with E-state index in [4.69, 9.17) is 0 Å². The molecule has 0 heterocycles. The molecule has 0 bridgehead atoms. The van der Waals surface area contributed by atoms with Crippen molar-refractivity contribution in [3.05, 3.63) is 107 Å². The summed E-state index contributed by atoms with van der Waals surface area (Å²) in [5.74, 6) is 5.92. The van der Waals surface area contributed by atoms with E-state index in [1.54, 1.807) is 0 Å². The summed E-state index contributed by atoms with van der Waals surface area (Å²) >= 11 is 0. The Morgan fingerprint density at radius 1 is 0.500 bits per heavy atom. The molecule has 1 aliphatic carbocycles. The molecule has 0 fully saturated rings. The second-order valence-corrected chi connectivity index (χ2v) is 7.86. The first-order valence-corrected chi connectivity index (χ1v) is 10.5. The van der Waals surface area contributed by atoms with Crippen LogP contribution in [0.5, 0.6) is 0 Å². The molecule has 0 amide bonds. The van der Waals surface area contributed by atoms with Crippen molar-refractivity contribution in [3.63, 3.8) is 0 Å². The van der Waals surface area contributed by atoms with Crippen molar-refractivity contribution in [2.24, 2.45) is 0 Å². The number of benzene rings is 3. The van der Waals surface area contributed by atoms with Crippen molar-refractivity contribution >= 4 is 0 Å². The van der Waals surface area contributed by atoms with Crippen LogP contribution in [-0.4, -0.2) is 6.18 Å². The summed E-state index contributed by atoms with van der Waals surface area (Å²) in [7, 11) is 0. The van der Waals surface area contributed by atoms with Gasteiger partial charge in [-0.15, -0.1) is 0 Å². The molecule has 3 aromatic rings. The highest BCUT2D eigenvalue weighted by molar-refractivity contribution is 5.71. The molecule has 0 nitrogen and oxygen atoms in total. The van der Waals surface area contributed by atoms with E-state index in [9.17, 15) is 26.3 Å². The van der Waals surface area contributed by atoms with Gasteiger partial charge >= 0.3 is 12.4 Å². The molecule has 0 radical (unpaired) electrons. The molecule has 34 heavy (non-hydrogen) atoms. The second kappa shape index (κ2) is 9.26. The van der Waals surface area contributed by atoms with E-state index < -0.39 is 23.5 Å². The third kappa shape index (κ3) is 5.60. The summed E-state index contributed by atoms with van der Waals surface area (Å²) in [4.78, 5) is 0. The van der Waals surface area contributed by atoms with E-state index >= 15 is 0 Å². The van der Waals surface area contributed by atoms with Crippen LogP contribution in [0.3, 0.4) is 0 Å². The van der Waals surface area contributed by atoms with Crippen LogP contribution < -0.4 is 0 Å². The number of allylic oxidation sites excluding steroid dienone is 4. The lowest BCUT2D eigenvalue weighted by atomic mass is 9.97. The van der Waals surface area contributed by atoms with E-state index in [0.29, 0.717) is 11.1 Å². The molecule has 0 saturated heterocycles. The number of halogens is 6. The summed E-state index contributed by atoms with van der Waals surface area (Å²) in [5, 5.41) is 0. The maximum absolute atomic E-state index is 12.7. The lowest BCUT2D eigenvalue weighted by Gasteiger charge is -2.14. The fourth-order valence-corrected chi connectivity index (χ4v) is 3.58. The van der Waals surface area contributed by atoms with E-state index in [1.165, 1.54) is 18.2 Å². The quantitative estimate of drug-likeness (QED) is 0.261. The van der Waals surface area contributed by atoms with Crippen LogP contribution in [0.15, 0.2) is 96.1 Å². The molecule has 0 aliphatic heterocycles. The van der Waals surface area contributed by atoms with Crippen molar-refractivity contribution < 1.29 is 26.3 Å². The molecule has 0 aromatic heterocycles. The Kier molecular flexibility index (Phi) is 6.39. The standard InChI is InChI=1S/C28H18F6/c29-27(30,31)25-15-5-20(6-16-25)2-1-19-3-7-21(8-4-19)22-9-11-23(12-10-22)24-13-17-26(18-14-24)28(32,33)34/h3-5,7-15,17-18H,6,16H2. The zero-order chi connectivity index (χ0) is 24.3. The van der Waals surface area contributed by atoms with Crippen molar-refractivity contribution in [1.82, 2.24) is 0 Å². The molecule has 0 atom stereocenters. The minimum Gasteiger partial charge on any atom is -0.166 e. The average molecular weight is 468 g/mol. The van der Waals surface area contributed by atoms with E-state index in [0.717, 1.165) is 40.5 Å². The van der Waals surface area contributed by atoms with Crippen LogP contribution in [0.1, 0.15) is 24.0 Å². The van der Waals surface area contributed by atoms with Gasteiger partial charge in [0, 0.05) is 16.7 Å². The third-order valence-electron chi connectivity index (χ3n) is 5.53. The van der Waals surface area contributed by atoms with Crippen LogP contribution in [0.4, 0.5) is 26.3 Å². The van der Waals surface area contributed by atoms with Gasteiger partial charge in [0.25, 0.3) is 0 Å². The smallest absolute Gasteiger partial charge is 0.166 e. The SMILES string of the molecule is FC(F)(F)C1=CC=C(C#Cc2ccc(-c3ccc(-c4ccc(C(F)(F)F)cc4)cc3)cc2)CC1. The fraction of sp³-hybridized carbons (Fsp3) is 0.143. The summed E-state index contributed by atoms with van der Waals surface area (Å²) in [6.45, 7) is 0. The van der Waals surface area contributed by atoms with Gasteiger partial charge in [0.05, 0.1) is 5.56 Å². The molecule has 1 aliphatic rings. The molecular formula is C28H18F6. The second-order valence-electron chi connectivity index (χ2n) is 7.86. The average Bonchev–Trinajstić information content (AvgIpc) is 2.82. The molecule has 3 aromatic carbocycles. The summed E-state index contributed by atoms with van der Waals surface area (Å²) < 4.78 is 76.3. The topological polar surface area (TPSA) is 0 Å². The van der Waals surface area contributed by atoms with Gasteiger partial charge in [-0.3, -0.25) is 0 Å². The summed E-state index contributed by atoms with van der Waals surface area (Å²) in [5.41, 5.74) is 3.58. The van der Waals surface area contributed by atoms with Gasteiger partial charge in [0.15, 0.2) is 0 Å². The van der Waals surface area contributed by atoms with E-state index in [1.807, 2.05) is 48.5 Å². The van der Waals surface area contributed by atoms with Gasteiger partial charge < -0.3 is 0 Å². The van der Waals surface area contributed by atoms with Crippen LogP contribution >= 0.6 is 0 Å². The summed E-state index contributed by atoms with van der Waals surface area (Å²) in [6.07, 6.45) is -5.94. The monoisotopic (exact) mass is 468 g/mol. The Morgan fingerprint density at radius 2 is 0.971 bits per heavy atom. The number of hydrogen-bond acceptors (Lipinski definition) is 0. The van der Waals surface area contributed by atoms with Crippen molar-refractivity contribution in [1.29, 1.82) is 0 Å². The summed E-state index contributed by atoms with van der Waals surface area (Å²) in [6, 6.07) is 20.0. The van der Waals surface area contributed by atoms with E-state index in [-0.39, 0.29) is 12.8 Å². The Bertz CT molecular complexity index is 1280. The predicted molar refractivity (Wildman–Crippen MR) is 121 cm³/mol. The maximum Gasteiger partial charge on any atom is 0.416 e. The fourth-order valence-electron chi connectivity index (χ4n) is 3.58. The zero-order valence-corrected chi connectivity index (χ0v) is 17.8. The lowest BCUT2D eigenvalue weighted by molar-refractivity contribution is -0.137. The lowest BCUT2D eigenvalue weighted by Crippen LogP contribution is -2.13. The number of alkyl halides is 6. The first-order chi connectivity index (χ1) is 16.1. The highest BCUT2D eigenvalue weighted by Crippen LogP contribution is 2.33. The number of rotatable bonds is 2. The van der Waals surface area contributed by atoms with Crippen LogP contribution in [0.25, 0.3) is 22.3 Å². The molecule has 0 unspecified atom stereocenters. The molecule has 0 N–H and O–H groups in total. The third-order valence-corrected chi connectivity index (χ3v) is 5.53. The zero-order valence-electron chi connectivity index (χ0n) is 17.8. The highest BCUT2D eigenvalue weighted by Gasteiger charge is 2.33. The first-order valence-electron chi connectivity index (χ1n) is 10.5. The van der Waals surface area contributed by atoms with Gasteiger partial charge in [-0.05, 0) is 59.4 Å². The van der Waals surface area contributed by atoms with Gasteiger partial charge in [-0.25, -0.2) is 0 Å². The predicted octanol–water partition coefficient (Wildman–Crippen LogP) is 8.60. The molecule has 0 saturated carbocycles. The molecule has 172 valence electrons. The van der Waals surface area contributed by atoms with E-state index in [2.05, 4.69) is 11.8 Å². The van der Waals surface area contributed by atoms with Crippen LogP contribution in [0, 0.1) is 11.8 Å².